The van der Waals surface area contributed by atoms with Crippen LogP contribution in [0.3, 0.4) is 0 Å². The van der Waals surface area contributed by atoms with Crippen molar-refractivity contribution in [3.63, 3.8) is 0 Å². The summed E-state index contributed by atoms with van der Waals surface area (Å²) in [5.41, 5.74) is 0.816. The quantitative estimate of drug-likeness (QED) is 0.703. The Morgan fingerprint density at radius 2 is 1.79 bits per heavy atom. The smallest absolute Gasteiger partial charge is 0.266 e. The Hall–Kier alpha value is -2.54. The second kappa shape index (κ2) is 8.65. The zero-order valence-corrected chi connectivity index (χ0v) is 18.2. The number of carbonyl (C=O) groups is 2. The maximum atomic E-state index is 12.9. The number of hydrogen-bond acceptors (Lipinski definition) is 5. The van der Waals surface area contributed by atoms with E-state index in [1.807, 2.05) is 41.5 Å². The van der Waals surface area contributed by atoms with Gasteiger partial charge in [0.05, 0.1) is 28.8 Å². The Morgan fingerprint density at radius 1 is 1.11 bits per heavy atom. The second-order valence-electron chi connectivity index (χ2n) is 7.81. The highest BCUT2D eigenvalue weighted by molar-refractivity contribution is 7.18. The minimum Gasteiger partial charge on any atom is -0.497 e. The summed E-state index contributed by atoms with van der Waals surface area (Å²) >= 11 is 1.24. The molecule has 7 heteroatoms. The first-order valence-corrected chi connectivity index (χ1v) is 9.91. The molecule has 0 bridgehead atoms. The Kier molecular flexibility index (Phi) is 6.72. The van der Waals surface area contributed by atoms with Gasteiger partial charge in [0.25, 0.3) is 5.91 Å². The normalized spacial score (nSPS) is 11.3. The van der Waals surface area contributed by atoms with E-state index >= 15 is 0 Å². The van der Waals surface area contributed by atoms with Crippen LogP contribution in [0.2, 0.25) is 0 Å². The number of anilines is 2. The summed E-state index contributed by atoms with van der Waals surface area (Å²) in [6, 6.07) is 7.08. The lowest BCUT2D eigenvalue weighted by Crippen LogP contribution is -2.27. The predicted octanol–water partition coefficient (Wildman–Crippen LogP) is 5.09. The van der Waals surface area contributed by atoms with Crippen molar-refractivity contribution in [1.29, 1.82) is 0 Å². The Bertz CT molecular complexity index is 866. The number of methoxy groups -OCH3 is 1. The fraction of sp³-hybridized carbons (Fsp3) is 0.429. The molecule has 152 valence electrons. The van der Waals surface area contributed by atoms with Crippen molar-refractivity contribution < 1.29 is 19.1 Å². The summed E-state index contributed by atoms with van der Waals surface area (Å²) in [4.78, 5) is 25.6. The molecular weight excluding hydrogens is 376 g/mol. The van der Waals surface area contributed by atoms with Crippen molar-refractivity contribution in [3.05, 3.63) is 34.7 Å². The number of benzene rings is 1. The van der Waals surface area contributed by atoms with Crippen LogP contribution in [0.4, 0.5) is 10.7 Å². The highest BCUT2D eigenvalue weighted by atomic mass is 32.1. The molecule has 0 aliphatic heterocycles. The summed E-state index contributed by atoms with van der Waals surface area (Å²) in [6.45, 7) is 11.2. The molecule has 1 aromatic heterocycles. The van der Waals surface area contributed by atoms with E-state index in [-0.39, 0.29) is 17.9 Å². The van der Waals surface area contributed by atoms with Crippen molar-refractivity contribution in [2.24, 2.45) is 5.41 Å². The minimum absolute atomic E-state index is 0.0354. The number of nitrogens with one attached hydrogen (secondary N) is 2. The average Bonchev–Trinajstić information content (AvgIpc) is 2.95. The molecule has 6 nitrogen and oxygen atoms in total. The van der Waals surface area contributed by atoms with E-state index < -0.39 is 5.41 Å². The molecule has 0 saturated carbocycles. The van der Waals surface area contributed by atoms with Gasteiger partial charge in [-0.1, -0.05) is 20.8 Å². The first-order valence-electron chi connectivity index (χ1n) is 9.09. The van der Waals surface area contributed by atoms with Gasteiger partial charge in [0.15, 0.2) is 0 Å². The third kappa shape index (κ3) is 5.48. The molecule has 0 fully saturated rings. The van der Waals surface area contributed by atoms with E-state index in [1.54, 1.807) is 31.4 Å². The third-order valence-corrected chi connectivity index (χ3v) is 4.99. The zero-order chi connectivity index (χ0) is 21.1. The average molecular weight is 405 g/mol. The topological polar surface area (TPSA) is 76.7 Å². The number of carbonyl (C=O) groups excluding carboxylic acids is 2. The van der Waals surface area contributed by atoms with Crippen molar-refractivity contribution in [2.75, 3.05) is 17.7 Å². The Labute approximate surface area is 170 Å². The van der Waals surface area contributed by atoms with Gasteiger partial charge in [-0.3, -0.25) is 9.59 Å². The molecule has 1 heterocycles. The summed E-state index contributed by atoms with van der Waals surface area (Å²) in [7, 11) is 1.57. The molecule has 2 amide bonds. The van der Waals surface area contributed by atoms with Gasteiger partial charge >= 0.3 is 0 Å². The van der Waals surface area contributed by atoms with Gasteiger partial charge in [0.1, 0.15) is 11.5 Å². The van der Waals surface area contributed by atoms with E-state index in [9.17, 15) is 9.59 Å². The number of rotatable bonds is 6. The molecule has 0 aliphatic carbocycles. The Morgan fingerprint density at radius 3 is 2.36 bits per heavy atom. The highest BCUT2D eigenvalue weighted by Crippen LogP contribution is 2.33. The molecule has 0 saturated heterocycles. The molecule has 2 aromatic rings. The van der Waals surface area contributed by atoms with Gasteiger partial charge < -0.3 is 20.1 Å². The van der Waals surface area contributed by atoms with E-state index in [1.165, 1.54) is 11.3 Å². The van der Waals surface area contributed by atoms with Gasteiger partial charge in [-0.2, -0.15) is 0 Å². The number of amides is 2. The zero-order valence-electron chi connectivity index (χ0n) is 17.4. The maximum absolute atomic E-state index is 12.9. The molecule has 0 spiro atoms. The predicted molar refractivity (Wildman–Crippen MR) is 114 cm³/mol. The van der Waals surface area contributed by atoms with Crippen molar-refractivity contribution >= 4 is 33.8 Å². The SMILES string of the molecule is COc1ccc(OC(C)C)c(NC(=O)c2sc(NC(=O)C(C)(C)C)cc2C)c1. The lowest BCUT2D eigenvalue weighted by Gasteiger charge is -2.16. The van der Waals surface area contributed by atoms with Gasteiger partial charge in [0, 0.05) is 11.5 Å². The lowest BCUT2D eigenvalue weighted by atomic mass is 9.96. The van der Waals surface area contributed by atoms with Crippen molar-refractivity contribution in [1.82, 2.24) is 0 Å². The van der Waals surface area contributed by atoms with Crippen molar-refractivity contribution in [2.45, 2.75) is 47.6 Å². The summed E-state index contributed by atoms with van der Waals surface area (Å²) < 4.78 is 11.0. The summed E-state index contributed by atoms with van der Waals surface area (Å²) in [5.74, 6) is 0.828. The van der Waals surface area contributed by atoms with Gasteiger partial charge in [-0.15, -0.1) is 11.3 Å². The van der Waals surface area contributed by atoms with Crippen LogP contribution in [0.15, 0.2) is 24.3 Å². The molecular formula is C21H28N2O4S. The molecule has 0 aliphatic rings. The van der Waals surface area contributed by atoms with Crippen molar-refractivity contribution in [3.8, 4) is 11.5 Å². The number of ether oxygens (including phenoxy) is 2. The fourth-order valence-electron chi connectivity index (χ4n) is 2.34. The third-order valence-electron chi connectivity index (χ3n) is 3.84. The summed E-state index contributed by atoms with van der Waals surface area (Å²) in [5, 5.41) is 6.42. The fourth-order valence-corrected chi connectivity index (χ4v) is 3.30. The number of hydrogen-bond donors (Lipinski definition) is 2. The monoisotopic (exact) mass is 404 g/mol. The molecule has 28 heavy (non-hydrogen) atoms. The standard InChI is InChI=1S/C21H28N2O4S/c1-12(2)27-16-9-8-14(26-7)11-15(16)22-19(24)18-13(3)10-17(28-18)23-20(25)21(4,5)6/h8-12H,1-7H3,(H,22,24)(H,23,25). The number of thiophene rings is 1. The van der Waals surface area contributed by atoms with Crippen LogP contribution < -0.4 is 20.1 Å². The molecule has 2 N–H and O–H groups in total. The molecule has 2 rings (SSSR count). The molecule has 0 radical (unpaired) electrons. The van der Waals surface area contributed by atoms with Crippen LogP contribution in [-0.4, -0.2) is 25.0 Å². The van der Waals surface area contributed by atoms with E-state index in [0.717, 1.165) is 5.56 Å². The van der Waals surface area contributed by atoms with E-state index in [4.69, 9.17) is 9.47 Å². The molecule has 0 unspecified atom stereocenters. The van der Waals surface area contributed by atoms with Crippen LogP contribution in [0.5, 0.6) is 11.5 Å². The van der Waals surface area contributed by atoms with E-state index in [0.29, 0.717) is 27.1 Å². The van der Waals surface area contributed by atoms with Crippen LogP contribution in [0, 0.1) is 12.3 Å². The van der Waals surface area contributed by atoms with Crippen LogP contribution in [-0.2, 0) is 4.79 Å². The van der Waals surface area contributed by atoms with Gasteiger partial charge in [-0.25, -0.2) is 0 Å². The maximum Gasteiger partial charge on any atom is 0.266 e. The minimum atomic E-state index is -0.510. The summed E-state index contributed by atoms with van der Waals surface area (Å²) in [6.07, 6.45) is -0.0354. The lowest BCUT2D eigenvalue weighted by molar-refractivity contribution is -0.123. The van der Waals surface area contributed by atoms with Crippen LogP contribution in [0.25, 0.3) is 0 Å². The number of aryl methyl sites for hydroxylation is 1. The molecule has 0 atom stereocenters. The second-order valence-corrected chi connectivity index (χ2v) is 8.86. The van der Waals surface area contributed by atoms with Crippen LogP contribution in [0.1, 0.15) is 49.9 Å². The largest absolute Gasteiger partial charge is 0.497 e. The molecule has 1 aromatic carbocycles. The van der Waals surface area contributed by atoms with E-state index in [2.05, 4.69) is 10.6 Å². The van der Waals surface area contributed by atoms with Crippen LogP contribution >= 0.6 is 11.3 Å². The van der Waals surface area contributed by atoms with Gasteiger partial charge in [0.2, 0.25) is 5.91 Å². The Balaban J connectivity index is 2.25. The van der Waals surface area contributed by atoms with Gasteiger partial charge in [-0.05, 0) is 44.5 Å². The first-order chi connectivity index (χ1) is 13.0. The highest BCUT2D eigenvalue weighted by Gasteiger charge is 2.23. The first kappa shape index (κ1) is 21.8.